The molecule has 2 heterocycles. The number of halogens is 4. The van der Waals surface area contributed by atoms with Crippen LogP contribution in [0.4, 0.5) is 25.2 Å². The monoisotopic (exact) mass is 1090 g/mol. The van der Waals surface area contributed by atoms with E-state index < -0.39 is 47.2 Å². The molecule has 4 aromatic carbocycles. The summed E-state index contributed by atoms with van der Waals surface area (Å²) in [6.07, 6.45) is 10.8. The van der Waals surface area contributed by atoms with Crippen LogP contribution in [-0.2, 0) is 14.2 Å². The normalized spacial score (nSPS) is 18.2. The Morgan fingerprint density at radius 3 is 1.47 bits per heavy atom. The molecule has 0 unspecified atom stereocenters. The van der Waals surface area contributed by atoms with Crippen LogP contribution in [0.25, 0.3) is 22.5 Å². The summed E-state index contributed by atoms with van der Waals surface area (Å²) in [4.78, 5) is 56.4. The average molecular weight is 1100 g/mol. The van der Waals surface area contributed by atoms with Crippen molar-refractivity contribution in [3.63, 3.8) is 0 Å². The zero-order valence-electron chi connectivity index (χ0n) is 43.8. The van der Waals surface area contributed by atoms with E-state index >= 15 is 8.78 Å². The van der Waals surface area contributed by atoms with E-state index in [9.17, 15) is 14.4 Å². The average Bonchev–Trinajstić information content (AvgIpc) is 3.41. The van der Waals surface area contributed by atoms with Gasteiger partial charge in [0.15, 0.2) is 0 Å². The Bertz CT molecular complexity index is 3020. The fourth-order valence-electron chi connectivity index (χ4n) is 9.47. The summed E-state index contributed by atoms with van der Waals surface area (Å²) in [6, 6.07) is 21.1. The molecule has 2 aliphatic carbocycles. The molecule has 6 aromatic rings. The van der Waals surface area contributed by atoms with Gasteiger partial charge in [-0.15, -0.1) is 0 Å². The number of carbonyl (C=O) groups excluding carboxylic acids is 3. The number of amides is 3. The van der Waals surface area contributed by atoms with Gasteiger partial charge in [0.05, 0.1) is 59.2 Å². The molecule has 8 rings (SSSR count). The van der Waals surface area contributed by atoms with Crippen LogP contribution in [0.5, 0.6) is 0 Å². The van der Waals surface area contributed by atoms with Crippen molar-refractivity contribution in [2.24, 2.45) is 5.73 Å². The Hall–Kier alpha value is -6.83. The highest BCUT2D eigenvalue weighted by molar-refractivity contribution is 6.31. The quantitative estimate of drug-likeness (QED) is 0.0561. The highest BCUT2D eigenvalue weighted by Crippen LogP contribution is 2.37. The molecule has 2 atom stereocenters. The third kappa shape index (κ3) is 15.7. The molecule has 408 valence electrons. The summed E-state index contributed by atoms with van der Waals surface area (Å²) in [5.74, 6) is -1.82. The number of nitrogens with one attached hydrogen (secondary N) is 3. The minimum Gasteiger partial charge on any atom is -0.444 e. The van der Waals surface area contributed by atoms with E-state index in [1.165, 1.54) is 24.3 Å². The number of carbonyl (C=O) groups is 3. The number of alkyl carbamates (subject to hydrolysis) is 1. The van der Waals surface area contributed by atoms with Gasteiger partial charge < -0.3 is 47.4 Å². The molecule has 9 N–H and O–H groups in total. The summed E-state index contributed by atoms with van der Waals surface area (Å²) >= 11 is 12.2. The standard InChI is InChI=1S/C31H37ClFN5O4.C26H29ClFN5O2/c1-31(2,3)42-30(40)36-17-26(19-6-5-7-21(32)14-19)38-29(39)23-13-10-20(15-24(23)33)27-28(34)35-16-25(37-27)18-8-11-22(41-4)12-9-18;1-35-19-8-5-15(6-9-19)23-14-31-25(30)24(32-23)17-7-10-20(21(28)12-17)26(34)33-22(13-29)16-3-2-4-18(27)11-16/h5-7,10,13-16,18,22,26H,8-9,11-12,17H2,1-4H3,(H2,34,35)(H,36,40)(H,38,39);2-4,7,10-12,14-15,19,22H,5-6,8-9,13,29H2,1H3,(H2,30,31)(H,33,34)/t18?,22?,26-;15?,19?,22-/m11/s1. The summed E-state index contributed by atoms with van der Waals surface area (Å²) in [6.45, 7) is 5.37. The minimum atomic E-state index is -0.748. The van der Waals surface area contributed by atoms with Crippen LogP contribution in [0.15, 0.2) is 97.3 Å². The van der Waals surface area contributed by atoms with Crippen LogP contribution in [-0.4, -0.2) is 83.0 Å². The lowest BCUT2D eigenvalue weighted by Gasteiger charge is -2.27. The maximum absolute atomic E-state index is 15.4. The van der Waals surface area contributed by atoms with Crippen LogP contribution >= 0.6 is 23.2 Å². The Labute approximate surface area is 457 Å². The zero-order chi connectivity index (χ0) is 55.4. The second-order valence-electron chi connectivity index (χ2n) is 20.1. The fraction of sp³-hybridized carbons (Fsp3) is 0.386. The lowest BCUT2D eigenvalue weighted by molar-refractivity contribution is 0.0519. The number of aromatic nitrogens is 4. The van der Waals surface area contributed by atoms with Crippen molar-refractivity contribution in [3.8, 4) is 22.5 Å². The molecule has 2 aliphatic rings. The number of nitrogens with two attached hydrogens (primary N) is 3. The predicted octanol–water partition coefficient (Wildman–Crippen LogP) is 10.8. The molecule has 77 heavy (non-hydrogen) atoms. The fourth-order valence-corrected chi connectivity index (χ4v) is 9.87. The first kappa shape index (κ1) is 57.9. The second kappa shape index (κ2) is 26.5. The maximum Gasteiger partial charge on any atom is 0.407 e. The van der Waals surface area contributed by atoms with Gasteiger partial charge in [-0.05, 0) is 132 Å². The number of hydrogen-bond acceptors (Lipinski definition) is 13. The van der Waals surface area contributed by atoms with E-state index in [0.29, 0.717) is 38.1 Å². The second-order valence-corrected chi connectivity index (χ2v) is 21.0. The number of anilines is 2. The molecule has 2 fully saturated rings. The van der Waals surface area contributed by atoms with Crippen molar-refractivity contribution in [3.05, 3.63) is 153 Å². The van der Waals surface area contributed by atoms with Gasteiger partial charge >= 0.3 is 6.09 Å². The van der Waals surface area contributed by atoms with Crippen molar-refractivity contribution in [1.82, 2.24) is 35.9 Å². The SMILES string of the molecule is COC1CCC(c2cnc(N)c(-c3ccc(C(=O)N[C@H](CN)c4cccc(Cl)c4)c(F)c3)n2)CC1.COC1CCC(c2cnc(N)c(-c3ccc(C(=O)N[C@H](CNC(=O)OC(C)(C)C)c4cccc(Cl)c4)c(F)c3)n2)CC1. The van der Waals surface area contributed by atoms with E-state index in [-0.39, 0.29) is 59.9 Å². The van der Waals surface area contributed by atoms with Crippen LogP contribution < -0.4 is 33.2 Å². The largest absolute Gasteiger partial charge is 0.444 e. The Morgan fingerprint density at radius 1 is 0.649 bits per heavy atom. The molecule has 0 aliphatic heterocycles. The van der Waals surface area contributed by atoms with Gasteiger partial charge in [0.25, 0.3) is 11.8 Å². The number of benzene rings is 4. The molecule has 3 amide bonds. The van der Waals surface area contributed by atoms with Crippen LogP contribution in [0.3, 0.4) is 0 Å². The van der Waals surface area contributed by atoms with Gasteiger partial charge in [0, 0.05) is 60.3 Å². The van der Waals surface area contributed by atoms with E-state index in [4.69, 9.17) is 64.6 Å². The third-order valence-electron chi connectivity index (χ3n) is 13.7. The summed E-state index contributed by atoms with van der Waals surface area (Å²) in [5.41, 5.74) is 21.7. The van der Waals surface area contributed by atoms with Crippen LogP contribution in [0.1, 0.15) is 139 Å². The van der Waals surface area contributed by atoms with Gasteiger partial charge in [-0.1, -0.05) is 59.6 Å². The zero-order valence-corrected chi connectivity index (χ0v) is 45.3. The van der Waals surface area contributed by atoms with Crippen molar-refractivity contribution in [1.29, 1.82) is 0 Å². The number of nitrogens with zero attached hydrogens (tertiary/aromatic N) is 4. The van der Waals surface area contributed by atoms with E-state index in [1.807, 2.05) is 0 Å². The summed E-state index contributed by atoms with van der Waals surface area (Å²) in [5, 5.41) is 9.20. The summed E-state index contributed by atoms with van der Waals surface area (Å²) in [7, 11) is 3.46. The van der Waals surface area contributed by atoms with Gasteiger partial charge in [-0.2, -0.15) is 0 Å². The molecule has 0 saturated heterocycles. The molecule has 2 saturated carbocycles. The lowest BCUT2D eigenvalue weighted by Crippen LogP contribution is -2.40. The molecule has 16 nitrogen and oxygen atoms in total. The number of methoxy groups -OCH3 is 2. The molecular weight excluding hydrogens is 1030 g/mol. The smallest absolute Gasteiger partial charge is 0.407 e. The molecule has 0 radical (unpaired) electrons. The van der Waals surface area contributed by atoms with E-state index in [1.54, 1.807) is 108 Å². The van der Waals surface area contributed by atoms with E-state index in [2.05, 4.69) is 25.9 Å². The highest BCUT2D eigenvalue weighted by Gasteiger charge is 2.28. The van der Waals surface area contributed by atoms with Gasteiger partial charge in [-0.3, -0.25) is 9.59 Å². The molecule has 0 bridgehead atoms. The minimum absolute atomic E-state index is 0.00803. The van der Waals surface area contributed by atoms with Crippen molar-refractivity contribution < 1.29 is 37.4 Å². The van der Waals surface area contributed by atoms with Gasteiger partial charge in [0.2, 0.25) is 0 Å². The van der Waals surface area contributed by atoms with Gasteiger partial charge in [-0.25, -0.2) is 33.5 Å². The number of nitrogen functional groups attached to an aromatic ring is 2. The number of rotatable bonds is 15. The third-order valence-corrected chi connectivity index (χ3v) is 14.1. The maximum atomic E-state index is 15.4. The van der Waals surface area contributed by atoms with E-state index in [0.717, 1.165) is 68.3 Å². The highest BCUT2D eigenvalue weighted by atomic mass is 35.5. The first-order chi connectivity index (χ1) is 36.8. The molecular formula is C57H66Cl2F2N10O6. The van der Waals surface area contributed by atoms with Crippen LogP contribution in [0.2, 0.25) is 10.0 Å². The molecule has 0 spiro atoms. The Balaban J connectivity index is 0.000000227. The van der Waals surface area contributed by atoms with Gasteiger partial charge in [0.1, 0.15) is 40.3 Å². The first-order valence-corrected chi connectivity index (χ1v) is 26.3. The Kier molecular flexibility index (Phi) is 19.9. The topological polar surface area (TPSA) is 245 Å². The number of ether oxygens (including phenoxy) is 3. The Morgan fingerprint density at radius 2 is 1.08 bits per heavy atom. The molecule has 2 aromatic heterocycles. The van der Waals surface area contributed by atoms with Crippen molar-refractivity contribution >= 4 is 52.7 Å². The predicted molar refractivity (Wildman–Crippen MR) is 294 cm³/mol. The van der Waals surface area contributed by atoms with Crippen molar-refractivity contribution in [2.45, 2.75) is 114 Å². The first-order valence-electron chi connectivity index (χ1n) is 25.5. The summed E-state index contributed by atoms with van der Waals surface area (Å²) < 4.78 is 46.7. The number of hydrogen-bond donors (Lipinski definition) is 6. The van der Waals surface area contributed by atoms with Crippen molar-refractivity contribution in [2.75, 3.05) is 38.8 Å². The molecule has 20 heteroatoms. The lowest BCUT2D eigenvalue weighted by atomic mass is 9.85. The van der Waals surface area contributed by atoms with Crippen LogP contribution in [0, 0.1) is 11.6 Å².